The molecule has 0 spiro atoms. The van der Waals surface area contributed by atoms with Crippen molar-refractivity contribution < 1.29 is 14.7 Å². The van der Waals surface area contributed by atoms with E-state index >= 15 is 0 Å². The number of rotatable bonds is 3. The molecule has 2 N–H and O–H groups in total. The number of aliphatic carboxylic acids is 1. The van der Waals surface area contributed by atoms with Gasteiger partial charge in [-0.15, -0.1) is 0 Å². The molecule has 6 nitrogen and oxygen atoms in total. The number of carboxylic acids is 1. The first-order valence-corrected chi connectivity index (χ1v) is 8.01. The highest BCUT2D eigenvalue weighted by Crippen LogP contribution is 2.34. The number of benzene rings is 1. The number of carbonyl (C=O) groups excluding carboxylic acids is 1. The second-order valence-corrected chi connectivity index (χ2v) is 6.52. The van der Waals surface area contributed by atoms with Crippen LogP contribution in [0.25, 0.3) is 0 Å². The van der Waals surface area contributed by atoms with E-state index in [-0.39, 0.29) is 5.91 Å². The number of nitrogens with one attached hydrogen (secondary N) is 1. The van der Waals surface area contributed by atoms with Crippen LogP contribution in [0, 0.1) is 5.92 Å². The third-order valence-corrected chi connectivity index (χ3v) is 4.96. The van der Waals surface area contributed by atoms with Crippen LogP contribution in [0.5, 0.6) is 0 Å². The van der Waals surface area contributed by atoms with E-state index in [4.69, 9.17) is 0 Å². The number of hydrogen-bond donors (Lipinski definition) is 2. The van der Waals surface area contributed by atoms with E-state index in [9.17, 15) is 14.7 Å². The van der Waals surface area contributed by atoms with Gasteiger partial charge in [-0.05, 0) is 49.8 Å². The minimum Gasteiger partial charge on any atom is -0.480 e. The lowest BCUT2D eigenvalue weighted by Gasteiger charge is -2.36. The molecule has 1 aliphatic carbocycles. The quantitative estimate of drug-likeness (QED) is 0.910. The first-order valence-electron chi connectivity index (χ1n) is 7.28. The van der Waals surface area contributed by atoms with Crippen molar-refractivity contribution in [1.82, 2.24) is 5.32 Å². The Balaban J connectivity index is 1.80. The van der Waals surface area contributed by atoms with E-state index in [0.29, 0.717) is 30.0 Å². The minimum atomic E-state index is -1.15. The SMILES string of the molecule is CC1CCC(NC(=O)c2ccc3c(c2)N=S=N3)(C(=O)O)CC1. The Bertz CT molecular complexity index is 702. The first-order chi connectivity index (χ1) is 10.5. The van der Waals surface area contributed by atoms with Crippen LogP contribution in [0.15, 0.2) is 26.9 Å². The van der Waals surface area contributed by atoms with Gasteiger partial charge in [-0.3, -0.25) is 4.79 Å². The Morgan fingerprint density at radius 2 is 1.95 bits per heavy atom. The number of amides is 1. The number of carbonyl (C=O) groups is 2. The van der Waals surface area contributed by atoms with Crippen LogP contribution in [-0.2, 0) is 16.1 Å². The zero-order valence-corrected chi connectivity index (χ0v) is 13.0. The Labute approximate surface area is 131 Å². The molecule has 1 heterocycles. The van der Waals surface area contributed by atoms with Crippen molar-refractivity contribution in [2.75, 3.05) is 0 Å². The van der Waals surface area contributed by atoms with Gasteiger partial charge in [0.15, 0.2) is 0 Å². The number of carboxylic acid groups (broad SMARTS) is 1. The van der Waals surface area contributed by atoms with Gasteiger partial charge in [-0.25, -0.2) is 4.79 Å². The molecule has 0 aromatic heterocycles. The summed E-state index contributed by atoms with van der Waals surface area (Å²) in [5.41, 5.74) is 0.651. The fourth-order valence-corrected chi connectivity index (χ4v) is 3.38. The van der Waals surface area contributed by atoms with Crippen LogP contribution in [0.1, 0.15) is 43.0 Å². The van der Waals surface area contributed by atoms with Gasteiger partial charge in [-0.2, -0.15) is 8.73 Å². The van der Waals surface area contributed by atoms with Crippen molar-refractivity contribution in [2.45, 2.75) is 38.1 Å². The first kappa shape index (κ1) is 14.9. The topological polar surface area (TPSA) is 91.1 Å². The lowest BCUT2D eigenvalue weighted by Crippen LogP contribution is -2.56. The van der Waals surface area contributed by atoms with Gasteiger partial charge >= 0.3 is 5.97 Å². The standard InChI is InChI=1S/C15H17N3O3S/c1-9-4-6-15(7-5-9,14(20)21)16-13(19)10-2-3-11-12(8-10)18-22-17-11/h2-3,8-9H,4-7H2,1H3,(H,16,19)(H,20,21). The summed E-state index contributed by atoms with van der Waals surface area (Å²) >= 11 is 1.09. The lowest BCUT2D eigenvalue weighted by molar-refractivity contribution is -0.146. The van der Waals surface area contributed by atoms with Crippen LogP contribution in [0.4, 0.5) is 11.4 Å². The third kappa shape index (κ3) is 2.68. The minimum absolute atomic E-state index is 0.369. The van der Waals surface area contributed by atoms with E-state index in [2.05, 4.69) is 21.0 Å². The third-order valence-electron chi connectivity index (χ3n) is 4.41. The molecule has 2 aliphatic rings. The van der Waals surface area contributed by atoms with Crippen LogP contribution in [-0.4, -0.2) is 22.5 Å². The van der Waals surface area contributed by atoms with Crippen molar-refractivity contribution in [3.63, 3.8) is 0 Å². The highest BCUT2D eigenvalue weighted by atomic mass is 32.1. The molecular formula is C15H17N3O3S. The van der Waals surface area contributed by atoms with E-state index in [1.807, 2.05) is 0 Å². The van der Waals surface area contributed by atoms with Gasteiger partial charge in [0.2, 0.25) is 0 Å². The summed E-state index contributed by atoms with van der Waals surface area (Å²) in [5, 5.41) is 12.3. The Morgan fingerprint density at radius 3 is 2.64 bits per heavy atom. The molecule has 0 radical (unpaired) electrons. The van der Waals surface area contributed by atoms with Crippen LogP contribution in [0.2, 0.25) is 0 Å². The van der Waals surface area contributed by atoms with E-state index in [1.165, 1.54) is 0 Å². The molecule has 1 amide bonds. The van der Waals surface area contributed by atoms with Crippen molar-refractivity contribution in [3.8, 4) is 0 Å². The highest BCUT2D eigenvalue weighted by molar-refractivity contribution is 7.58. The zero-order chi connectivity index (χ0) is 15.7. The van der Waals surface area contributed by atoms with Gasteiger partial charge in [0, 0.05) is 5.56 Å². The van der Waals surface area contributed by atoms with Gasteiger partial charge in [0.1, 0.15) is 16.9 Å². The summed E-state index contributed by atoms with van der Waals surface area (Å²) in [6, 6.07) is 5.03. The smallest absolute Gasteiger partial charge is 0.329 e. The van der Waals surface area contributed by atoms with Crippen molar-refractivity contribution in [2.24, 2.45) is 14.6 Å². The second kappa shape index (κ2) is 5.64. The molecule has 1 aromatic carbocycles. The van der Waals surface area contributed by atoms with Crippen LogP contribution < -0.4 is 5.32 Å². The molecular weight excluding hydrogens is 302 g/mol. The number of nitrogens with zero attached hydrogens (tertiary/aromatic N) is 2. The molecule has 0 atom stereocenters. The van der Waals surface area contributed by atoms with E-state index < -0.39 is 11.5 Å². The molecule has 22 heavy (non-hydrogen) atoms. The maximum atomic E-state index is 12.5. The van der Waals surface area contributed by atoms with Crippen molar-refractivity contribution in [3.05, 3.63) is 23.8 Å². The molecule has 1 fully saturated rings. The summed E-state index contributed by atoms with van der Waals surface area (Å²) in [7, 11) is 0. The largest absolute Gasteiger partial charge is 0.480 e. The maximum Gasteiger partial charge on any atom is 0.329 e. The van der Waals surface area contributed by atoms with E-state index in [0.717, 1.165) is 29.9 Å². The lowest BCUT2D eigenvalue weighted by atomic mass is 9.77. The number of hydrogen-bond acceptors (Lipinski definition) is 4. The van der Waals surface area contributed by atoms with Crippen LogP contribution >= 0.6 is 0 Å². The molecule has 0 unspecified atom stereocenters. The fourth-order valence-electron chi connectivity index (χ4n) is 2.86. The summed E-state index contributed by atoms with van der Waals surface area (Å²) in [4.78, 5) is 24.1. The number of fused-ring (bicyclic) bond motifs is 1. The molecule has 0 saturated heterocycles. The Morgan fingerprint density at radius 1 is 1.27 bits per heavy atom. The predicted octanol–water partition coefficient (Wildman–Crippen LogP) is 3.18. The summed E-state index contributed by atoms with van der Waals surface area (Å²) in [6.45, 7) is 2.11. The zero-order valence-electron chi connectivity index (χ0n) is 12.2. The average molecular weight is 319 g/mol. The van der Waals surface area contributed by atoms with Gasteiger partial charge in [-0.1, -0.05) is 6.92 Å². The van der Waals surface area contributed by atoms with Crippen molar-refractivity contribution in [1.29, 1.82) is 0 Å². The molecule has 0 bridgehead atoms. The van der Waals surface area contributed by atoms with Gasteiger partial charge in [0.25, 0.3) is 5.91 Å². The molecule has 1 aromatic rings. The Kier molecular flexibility index (Phi) is 3.82. The van der Waals surface area contributed by atoms with Crippen molar-refractivity contribution >= 4 is 34.6 Å². The summed E-state index contributed by atoms with van der Waals surface area (Å²) in [5.74, 6) is -0.821. The van der Waals surface area contributed by atoms with Gasteiger partial charge < -0.3 is 10.4 Å². The monoisotopic (exact) mass is 319 g/mol. The molecule has 1 saturated carbocycles. The maximum absolute atomic E-state index is 12.5. The fraction of sp³-hybridized carbons (Fsp3) is 0.467. The van der Waals surface area contributed by atoms with Gasteiger partial charge in [0.05, 0.1) is 11.4 Å². The molecule has 116 valence electrons. The average Bonchev–Trinajstić information content (AvgIpc) is 2.97. The van der Waals surface area contributed by atoms with E-state index in [1.54, 1.807) is 18.2 Å². The predicted molar refractivity (Wildman–Crippen MR) is 83.4 cm³/mol. The highest BCUT2D eigenvalue weighted by Gasteiger charge is 2.42. The summed E-state index contributed by atoms with van der Waals surface area (Å²) < 4.78 is 8.19. The molecule has 1 aliphatic heterocycles. The summed E-state index contributed by atoms with van der Waals surface area (Å²) in [6.07, 6.45) is 2.55. The normalized spacial score (nSPS) is 26.1. The molecule has 7 heteroatoms. The van der Waals surface area contributed by atoms with Crippen LogP contribution in [0.3, 0.4) is 0 Å². The molecule has 3 rings (SSSR count). The Hall–Kier alpha value is -2.02. The second-order valence-electron chi connectivity index (χ2n) is 5.99.